The van der Waals surface area contributed by atoms with Crippen LogP contribution in [-0.2, 0) is 5.41 Å². The Morgan fingerprint density at radius 2 is 1.30 bits per heavy atom. The summed E-state index contributed by atoms with van der Waals surface area (Å²) in [6, 6.07) is 51.2. The number of amidine groups is 2. The van der Waals surface area contributed by atoms with Crippen molar-refractivity contribution >= 4 is 22.4 Å². The van der Waals surface area contributed by atoms with Crippen molar-refractivity contribution < 1.29 is 29.6 Å². The van der Waals surface area contributed by atoms with Crippen LogP contribution in [0.15, 0.2) is 138 Å². The van der Waals surface area contributed by atoms with Gasteiger partial charge in [0.1, 0.15) is 0 Å². The number of nitrogens with one attached hydrogen (secondary N) is 2. The van der Waals surface area contributed by atoms with Crippen molar-refractivity contribution in [2.75, 3.05) is 0 Å². The summed E-state index contributed by atoms with van der Waals surface area (Å²) in [6.45, 7) is 4.60. The van der Waals surface area contributed by atoms with Crippen LogP contribution < -0.4 is 29.6 Å². The summed E-state index contributed by atoms with van der Waals surface area (Å²) >= 11 is 0. The molecule has 0 heterocycles. The van der Waals surface area contributed by atoms with Crippen molar-refractivity contribution in [1.82, 2.24) is 0 Å². The fourth-order valence-corrected chi connectivity index (χ4v) is 5.61. The first kappa shape index (κ1) is 30.2. The summed E-state index contributed by atoms with van der Waals surface area (Å²) in [5.74, 6) is 0.221. The van der Waals surface area contributed by atoms with Crippen LogP contribution in [0.25, 0.3) is 38.8 Å². The normalized spacial score (nSPS) is 12.7. The molecule has 0 amide bonds. The van der Waals surface area contributed by atoms with Crippen LogP contribution in [0, 0.1) is 17.5 Å². The molecular formula is C39H30N3Na-2. The van der Waals surface area contributed by atoms with Crippen LogP contribution >= 0.6 is 0 Å². The Labute approximate surface area is 276 Å². The van der Waals surface area contributed by atoms with Gasteiger partial charge in [-0.3, -0.25) is 0 Å². The monoisotopic (exact) mass is 563 g/mol. The van der Waals surface area contributed by atoms with Crippen molar-refractivity contribution in [2.45, 2.75) is 19.3 Å². The van der Waals surface area contributed by atoms with Gasteiger partial charge in [0.2, 0.25) is 0 Å². The fourth-order valence-electron chi connectivity index (χ4n) is 5.61. The van der Waals surface area contributed by atoms with Gasteiger partial charge < -0.3 is 16.1 Å². The number of benzene rings is 6. The third-order valence-electron chi connectivity index (χ3n) is 7.82. The third kappa shape index (κ3) is 6.11. The number of fused-ring (bicyclic) bond motifs is 4. The van der Waals surface area contributed by atoms with Crippen molar-refractivity contribution in [3.8, 4) is 22.3 Å². The van der Waals surface area contributed by atoms with E-state index in [2.05, 4.69) is 91.6 Å². The molecule has 0 aromatic heterocycles. The Balaban J connectivity index is 0.000000180. The van der Waals surface area contributed by atoms with Crippen molar-refractivity contribution in [1.29, 1.82) is 5.41 Å². The quantitative estimate of drug-likeness (QED) is 0.105. The first-order chi connectivity index (χ1) is 20.4. The number of aliphatic imine (C=N–C) groups is 1. The van der Waals surface area contributed by atoms with E-state index in [4.69, 9.17) is 11.1 Å². The van der Waals surface area contributed by atoms with Gasteiger partial charge in [0.25, 0.3) is 0 Å². The van der Waals surface area contributed by atoms with E-state index in [1.165, 1.54) is 33.2 Å². The molecule has 3 nitrogen and oxygen atoms in total. The van der Waals surface area contributed by atoms with Gasteiger partial charge in [-0.05, 0) is 27.7 Å². The third-order valence-corrected chi connectivity index (χ3v) is 7.82. The van der Waals surface area contributed by atoms with E-state index in [1.807, 2.05) is 72.8 Å². The zero-order valence-corrected chi connectivity index (χ0v) is 26.6. The Morgan fingerprint density at radius 3 is 2.05 bits per heavy atom. The van der Waals surface area contributed by atoms with Crippen molar-refractivity contribution in [3.05, 3.63) is 174 Å². The molecule has 0 spiro atoms. The maximum atomic E-state index is 7.80. The van der Waals surface area contributed by atoms with E-state index in [-0.39, 0.29) is 46.6 Å². The largest absolute Gasteiger partial charge is 1.00 e. The van der Waals surface area contributed by atoms with E-state index in [0.717, 1.165) is 10.9 Å². The van der Waals surface area contributed by atoms with Gasteiger partial charge in [0, 0.05) is 5.84 Å². The summed E-state index contributed by atoms with van der Waals surface area (Å²) in [6.07, 6.45) is 0. The summed E-state index contributed by atoms with van der Waals surface area (Å²) in [4.78, 5) is 3.98. The van der Waals surface area contributed by atoms with E-state index < -0.39 is 0 Å². The summed E-state index contributed by atoms with van der Waals surface area (Å²) in [5, 5.41) is 10.2. The minimum Gasteiger partial charge on any atom is -0.482 e. The summed E-state index contributed by atoms with van der Waals surface area (Å²) in [5.41, 5.74) is 17.1. The SMILES string of the molecule is CC1(C)c2c[c-]c(-c3cccc4ccc[c-]c34)cc2-c2ccccc21.N=C(N=C([NH-])c1ccccc1)c1ccccc1.[Na+]. The number of hydrogen-bond donors (Lipinski definition) is 1. The maximum Gasteiger partial charge on any atom is 1.00 e. The van der Waals surface area contributed by atoms with Crippen LogP contribution in [0.2, 0.25) is 0 Å². The van der Waals surface area contributed by atoms with Crippen LogP contribution in [0.1, 0.15) is 36.1 Å². The second-order valence-electron chi connectivity index (χ2n) is 10.8. The van der Waals surface area contributed by atoms with Crippen molar-refractivity contribution in [2.24, 2.45) is 4.99 Å². The molecule has 0 unspecified atom stereocenters. The van der Waals surface area contributed by atoms with Crippen LogP contribution in [-0.4, -0.2) is 11.7 Å². The van der Waals surface area contributed by atoms with Gasteiger partial charge in [-0.1, -0.05) is 128 Å². The van der Waals surface area contributed by atoms with Gasteiger partial charge in [0.05, 0.1) is 0 Å². The molecule has 6 aromatic carbocycles. The Morgan fingerprint density at radius 1 is 0.674 bits per heavy atom. The molecule has 204 valence electrons. The first-order valence-corrected chi connectivity index (χ1v) is 14.0. The standard InChI is InChI=1S/C25H18.C14H12N3.Na/c1-25(2)23-13-6-5-11-21(23)22-16-18(14-15-24(22)25)20-12-7-9-17-8-3-4-10-19(17)20;15-13(11-7-3-1-4-8-11)17-14(16)12-9-5-2-6-10-12;/h3-9,11-13,15-16H,1-2H3;1-10H,(H2-,15,16,17);/q-2;-1;+1. The molecule has 6 aromatic rings. The average Bonchev–Trinajstić information content (AvgIpc) is 3.27. The number of nitrogens with zero attached hydrogens (tertiary/aromatic N) is 1. The maximum absolute atomic E-state index is 7.80. The van der Waals surface area contributed by atoms with E-state index in [1.54, 1.807) is 0 Å². The second-order valence-corrected chi connectivity index (χ2v) is 10.8. The molecule has 0 atom stereocenters. The molecule has 0 aliphatic heterocycles. The van der Waals surface area contributed by atoms with Crippen LogP contribution in [0.3, 0.4) is 0 Å². The van der Waals surface area contributed by atoms with E-state index >= 15 is 0 Å². The molecule has 1 aliphatic carbocycles. The van der Waals surface area contributed by atoms with Crippen LogP contribution in [0.5, 0.6) is 0 Å². The van der Waals surface area contributed by atoms with Gasteiger partial charge in [-0.25, -0.2) is 0 Å². The van der Waals surface area contributed by atoms with E-state index in [9.17, 15) is 0 Å². The zero-order chi connectivity index (χ0) is 29.1. The number of rotatable bonds is 3. The van der Waals surface area contributed by atoms with Gasteiger partial charge in [-0.15, -0.1) is 69.9 Å². The van der Waals surface area contributed by atoms with Gasteiger partial charge >= 0.3 is 29.6 Å². The summed E-state index contributed by atoms with van der Waals surface area (Å²) in [7, 11) is 0. The molecule has 1 aliphatic rings. The molecule has 0 bridgehead atoms. The second kappa shape index (κ2) is 12.9. The molecule has 0 saturated carbocycles. The molecular weight excluding hydrogens is 533 g/mol. The minimum atomic E-state index is 0. The van der Waals surface area contributed by atoms with Gasteiger partial charge in [-0.2, -0.15) is 0 Å². The Kier molecular flexibility index (Phi) is 9.08. The smallest absolute Gasteiger partial charge is 0.482 e. The average molecular weight is 564 g/mol. The predicted molar refractivity (Wildman–Crippen MR) is 175 cm³/mol. The van der Waals surface area contributed by atoms with Crippen LogP contribution in [0.4, 0.5) is 0 Å². The van der Waals surface area contributed by atoms with Crippen molar-refractivity contribution in [3.63, 3.8) is 0 Å². The topological polar surface area (TPSA) is 60.0 Å². The molecule has 0 radical (unpaired) electrons. The minimum absolute atomic E-state index is 0. The molecule has 2 N–H and O–H groups in total. The molecule has 43 heavy (non-hydrogen) atoms. The summed E-state index contributed by atoms with van der Waals surface area (Å²) < 4.78 is 0. The zero-order valence-electron chi connectivity index (χ0n) is 24.6. The Bertz CT molecular complexity index is 1920. The molecule has 0 saturated heterocycles. The fraction of sp³-hybridized carbons (Fsp3) is 0.0769. The Hall–Kier alpha value is -4.28. The molecule has 0 fully saturated rings. The number of hydrogen-bond acceptors (Lipinski definition) is 1. The first-order valence-electron chi connectivity index (χ1n) is 14.0. The molecule has 4 heteroatoms. The van der Waals surface area contributed by atoms with Gasteiger partial charge in [0.15, 0.2) is 0 Å². The molecule has 7 rings (SSSR count). The predicted octanol–water partition coefficient (Wildman–Crippen LogP) is 6.93. The van der Waals surface area contributed by atoms with E-state index in [0.29, 0.717) is 11.1 Å².